The summed E-state index contributed by atoms with van der Waals surface area (Å²) < 4.78 is 0. The average Bonchev–Trinajstić information content (AvgIpc) is 2.29. The van der Waals surface area contributed by atoms with Crippen LogP contribution in [0.25, 0.3) is 0 Å². The van der Waals surface area contributed by atoms with Gasteiger partial charge in [0.05, 0.1) is 0 Å². The molecule has 1 heterocycles. The van der Waals surface area contributed by atoms with E-state index in [0.29, 0.717) is 6.04 Å². The number of hydrogen-bond donors (Lipinski definition) is 2. The number of hydrogen-bond acceptors (Lipinski definition) is 2. The SMILES string of the molecule is Cc1cc(C)c(NCC2CCCCN2)c(C)c1. The van der Waals surface area contributed by atoms with Gasteiger partial charge in [-0.15, -0.1) is 0 Å². The number of nitrogens with one attached hydrogen (secondary N) is 2. The van der Waals surface area contributed by atoms with Crippen molar-refractivity contribution in [3.63, 3.8) is 0 Å². The van der Waals surface area contributed by atoms with Crippen molar-refractivity contribution >= 4 is 5.69 Å². The first-order valence-electron chi connectivity index (χ1n) is 6.72. The third-order valence-corrected chi connectivity index (χ3v) is 3.61. The first-order chi connectivity index (χ1) is 8.16. The summed E-state index contributed by atoms with van der Waals surface area (Å²) in [4.78, 5) is 0. The van der Waals surface area contributed by atoms with Gasteiger partial charge < -0.3 is 10.6 Å². The molecule has 0 aliphatic carbocycles. The Balaban J connectivity index is 1.98. The summed E-state index contributed by atoms with van der Waals surface area (Å²) in [5.74, 6) is 0. The van der Waals surface area contributed by atoms with Crippen LogP contribution in [0.5, 0.6) is 0 Å². The Hall–Kier alpha value is -1.02. The van der Waals surface area contributed by atoms with Gasteiger partial charge in [-0.25, -0.2) is 0 Å². The Morgan fingerprint density at radius 2 is 1.88 bits per heavy atom. The van der Waals surface area contributed by atoms with Gasteiger partial charge in [0.2, 0.25) is 0 Å². The Bertz CT molecular complexity index is 356. The molecule has 0 spiro atoms. The molecule has 1 saturated heterocycles. The maximum absolute atomic E-state index is 3.62. The minimum atomic E-state index is 0.642. The smallest absolute Gasteiger partial charge is 0.0400 e. The first kappa shape index (κ1) is 12.4. The fraction of sp³-hybridized carbons (Fsp3) is 0.600. The van der Waals surface area contributed by atoms with Crippen LogP contribution in [0.4, 0.5) is 5.69 Å². The van der Waals surface area contributed by atoms with Gasteiger partial charge in [-0.1, -0.05) is 24.1 Å². The number of rotatable bonds is 3. The first-order valence-corrected chi connectivity index (χ1v) is 6.72. The van der Waals surface area contributed by atoms with Crippen molar-refractivity contribution in [2.75, 3.05) is 18.4 Å². The fourth-order valence-corrected chi connectivity index (χ4v) is 2.78. The second kappa shape index (κ2) is 5.54. The zero-order valence-electron chi connectivity index (χ0n) is 11.3. The van der Waals surface area contributed by atoms with E-state index in [9.17, 15) is 0 Å². The van der Waals surface area contributed by atoms with Gasteiger partial charge in [-0.2, -0.15) is 0 Å². The topological polar surface area (TPSA) is 24.1 Å². The molecule has 1 aromatic rings. The van der Waals surface area contributed by atoms with Gasteiger partial charge in [0.25, 0.3) is 0 Å². The summed E-state index contributed by atoms with van der Waals surface area (Å²) in [6.07, 6.45) is 4.00. The number of anilines is 1. The number of piperidine rings is 1. The van der Waals surface area contributed by atoms with E-state index in [1.807, 2.05) is 0 Å². The summed E-state index contributed by atoms with van der Waals surface area (Å²) in [6.45, 7) is 8.77. The third-order valence-electron chi connectivity index (χ3n) is 3.61. The molecule has 2 nitrogen and oxygen atoms in total. The van der Waals surface area contributed by atoms with Crippen LogP contribution in [0.1, 0.15) is 36.0 Å². The minimum absolute atomic E-state index is 0.642. The van der Waals surface area contributed by atoms with Crippen LogP contribution in [-0.2, 0) is 0 Å². The van der Waals surface area contributed by atoms with Gasteiger partial charge in [0, 0.05) is 18.3 Å². The van der Waals surface area contributed by atoms with Crippen molar-refractivity contribution in [2.45, 2.75) is 46.1 Å². The lowest BCUT2D eigenvalue weighted by Gasteiger charge is -2.25. The predicted octanol–water partition coefficient (Wildman–Crippen LogP) is 3.17. The highest BCUT2D eigenvalue weighted by atomic mass is 15.0. The van der Waals surface area contributed by atoms with Crippen LogP contribution in [0.3, 0.4) is 0 Å². The monoisotopic (exact) mass is 232 g/mol. The van der Waals surface area contributed by atoms with E-state index < -0.39 is 0 Å². The van der Waals surface area contributed by atoms with E-state index >= 15 is 0 Å². The Kier molecular flexibility index (Phi) is 4.06. The Labute approximate surface area is 105 Å². The minimum Gasteiger partial charge on any atom is -0.383 e. The van der Waals surface area contributed by atoms with Crippen LogP contribution >= 0.6 is 0 Å². The summed E-state index contributed by atoms with van der Waals surface area (Å²) in [5, 5.41) is 7.19. The average molecular weight is 232 g/mol. The molecule has 0 amide bonds. The molecule has 0 bridgehead atoms. The van der Waals surface area contributed by atoms with Gasteiger partial charge in [0.1, 0.15) is 0 Å². The summed E-state index contributed by atoms with van der Waals surface area (Å²) >= 11 is 0. The zero-order valence-corrected chi connectivity index (χ0v) is 11.3. The summed E-state index contributed by atoms with van der Waals surface area (Å²) in [7, 11) is 0. The lowest BCUT2D eigenvalue weighted by atomic mass is 10.0. The molecule has 2 N–H and O–H groups in total. The van der Waals surface area contributed by atoms with Crippen molar-refractivity contribution in [1.82, 2.24) is 5.32 Å². The van der Waals surface area contributed by atoms with Gasteiger partial charge >= 0.3 is 0 Å². The molecular formula is C15H24N2. The van der Waals surface area contributed by atoms with Crippen molar-refractivity contribution in [2.24, 2.45) is 0 Å². The Morgan fingerprint density at radius 1 is 1.18 bits per heavy atom. The van der Waals surface area contributed by atoms with E-state index in [2.05, 4.69) is 43.5 Å². The van der Waals surface area contributed by atoms with E-state index in [4.69, 9.17) is 0 Å². The second-order valence-electron chi connectivity index (χ2n) is 5.30. The normalized spacial score (nSPS) is 20.3. The molecule has 0 aromatic heterocycles. The summed E-state index contributed by atoms with van der Waals surface area (Å²) in [5.41, 5.74) is 5.39. The molecule has 1 aliphatic rings. The predicted molar refractivity (Wildman–Crippen MR) is 74.8 cm³/mol. The molecule has 2 heteroatoms. The second-order valence-corrected chi connectivity index (χ2v) is 5.30. The van der Waals surface area contributed by atoms with Crippen LogP contribution < -0.4 is 10.6 Å². The molecule has 2 rings (SSSR count). The molecule has 0 saturated carbocycles. The standard InChI is InChI=1S/C15H24N2/c1-11-8-12(2)15(13(3)9-11)17-10-14-6-4-5-7-16-14/h8-9,14,16-17H,4-7,10H2,1-3H3. The lowest BCUT2D eigenvalue weighted by Crippen LogP contribution is -2.39. The van der Waals surface area contributed by atoms with Crippen LogP contribution in [0.2, 0.25) is 0 Å². The van der Waals surface area contributed by atoms with E-state index in [1.54, 1.807) is 0 Å². The van der Waals surface area contributed by atoms with E-state index in [1.165, 1.54) is 48.2 Å². The van der Waals surface area contributed by atoms with Crippen LogP contribution in [-0.4, -0.2) is 19.1 Å². The molecular weight excluding hydrogens is 208 g/mol. The van der Waals surface area contributed by atoms with Crippen molar-refractivity contribution in [3.05, 3.63) is 28.8 Å². The molecule has 0 radical (unpaired) electrons. The molecule has 94 valence electrons. The zero-order chi connectivity index (χ0) is 12.3. The van der Waals surface area contributed by atoms with E-state index in [-0.39, 0.29) is 0 Å². The van der Waals surface area contributed by atoms with E-state index in [0.717, 1.165) is 6.54 Å². The van der Waals surface area contributed by atoms with Gasteiger partial charge in [-0.3, -0.25) is 0 Å². The molecule has 1 unspecified atom stereocenters. The number of aryl methyl sites for hydroxylation is 3. The van der Waals surface area contributed by atoms with Crippen LogP contribution in [0, 0.1) is 20.8 Å². The van der Waals surface area contributed by atoms with Crippen LogP contribution in [0.15, 0.2) is 12.1 Å². The lowest BCUT2D eigenvalue weighted by molar-refractivity contribution is 0.414. The maximum atomic E-state index is 3.62. The van der Waals surface area contributed by atoms with Crippen molar-refractivity contribution < 1.29 is 0 Å². The maximum Gasteiger partial charge on any atom is 0.0400 e. The highest BCUT2D eigenvalue weighted by molar-refractivity contribution is 5.58. The molecule has 1 fully saturated rings. The van der Waals surface area contributed by atoms with Crippen molar-refractivity contribution in [1.29, 1.82) is 0 Å². The van der Waals surface area contributed by atoms with Crippen molar-refractivity contribution in [3.8, 4) is 0 Å². The quantitative estimate of drug-likeness (QED) is 0.836. The molecule has 1 aromatic carbocycles. The Morgan fingerprint density at radius 3 is 2.47 bits per heavy atom. The molecule has 1 aliphatic heterocycles. The highest BCUT2D eigenvalue weighted by Gasteiger charge is 2.12. The molecule has 1 atom stereocenters. The number of benzene rings is 1. The molecule has 17 heavy (non-hydrogen) atoms. The third kappa shape index (κ3) is 3.22. The largest absolute Gasteiger partial charge is 0.383 e. The fourth-order valence-electron chi connectivity index (χ4n) is 2.78. The van der Waals surface area contributed by atoms with Gasteiger partial charge in [0.15, 0.2) is 0 Å². The summed E-state index contributed by atoms with van der Waals surface area (Å²) in [6, 6.07) is 5.15. The highest BCUT2D eigenvalue weighted by Crippen LogP contribution is 2.22. The van der Waals surface area contributed by atoms with Gasteiger partial charge in [-0.05, 0) is 51.3 Å².